The van der Waals surface area contributed by atoms with Gasteiger partial charge >= 0.3 is 0 Å². The molecule has 5 heteroatoms. The lowest BCUT2D eigenvalue weighted by molar-refractivity contribution is -0.125. The van der Waals surface area contributed by atoms with Crippen molar-refractivity contribution in [1.29, 1.82) is 0 Å². The first-order chi connectivity index (χ1) is 9.13. The number of hydrogen-bond acceptors (Lipinski definition) is 3. The van der Waals surface area contributed by atoms with Gasteiger partial charge in [0, 0.05) is 5.02 Å². The number of nitrogens with one attached hydrogen (secondary N) is 1. The molecule has 1 aliphatic rings. The van der Waals surface area contributed by atoms with Gasteiger partial charge < -0.3 is 15.2 Å². The number of aliphatic hydroxyl groups is 1. The normalized spacial score (nSPS) is 16.5. The minimum absolute atomic E-state index is 0.00783. The minimum atomic E-state index is -0.382. The van der Waals surface area contributed by atoms with Gasteiger partial charge in [-0.3, -0.25) is 4.79 Å². The lowest BCUT2D eigenvalue weighted by Gasteiger charge is -2.40. The van der Waals surface area contributed by atoms with E-state index in [0.717, 1.165) is 19.3 Å². The predicted molar refractivity (Wildman–Crippen MR) is 73.4 cm³/mol. The number of ether oxygens (including phenoxy) is 1. The topological polar surface area (TPSA) is 58.6 Å². The Morgan fingerprint density at radius 3 is 2.84 bits per heavy atom. The van der Waals surface area contributed by atoms with Crippen molar-refractivity contribution < 1.29 is 14.6 Å². The second-order valence-corrected chi connectivity index (χ2v) is 5.33. The molecule has 104 valence electrons. The number of carbonyl (C=O) groups excluding carboxylic acids is 1. The molecule has 0 unspecified atom stereocenters. The van der Waals surface area contributed by atoms with Crippen LogP contribution in [0.2, 0.25) is 5.02 Å². The molecule has 0 atom stereocenters. The molecular weight excluding hydrogens is 266 g/mol. The summed E-state index contributed by atoms with van der Waals surface area (Å²) in [4.78, 5) is 11.7. The first-order valence-corrected chi connectivity index (χ1v) is 6.82. The molecule has 19 heavy (non-hydrogen) atoms. The van der Waals surface area contributed by atoms with Gasteiger partial charge in [-0.15, -0.1) is 0 Å². The lowest BCUT2D eigenvalue weighted by Crippen LogP contribution is -2.56. The van der Waals surface area contributed by atoms with Gasteiger partial charge in [0.15, 0.2) is 0 Å². The Hall–Kier alpha value is -1.26. The molecule has 1 fully saturated rings. The van der Waals surface area contributed by atoms with E-state index in [1.165, 1.54) is 0 Å². The van der Waals surface area contributed by atoms with Crippen molar-refractivity contribution in [2.45, 2.75) is 31.2 Å². The van der Waals surface area contributed by atoms with Crippen LogP contribution in [0.5, 0.6) is 5.75 Å². The third-order valence-corrected chi connectivity index (χ3v) is 3.65. The van der Waals surface area contributed by atoms with Crippen LogP contribution in [0.25, 0.3) is 0 Å². The smallest absolute Gasteiger partial charge is 0.223 e. The number of benzene rings is 1. The fraction of sp³-hybridized carbons (Fsp3) is 0.500. The number of aliphatic hydroxyl groups excluding tert-OH is 1. The summed E-state index contributed by atoms with van der Waals surface area (Å²) >= 11 is 5.83. The van der Waals surface area contributed by atoms with Crippen molar-refractivity contribution in [1.82, 2.24) is 5.32 Å². The van der Waals surface area contributed by atoms with Crippen molar-refractivity contribution in [2.24, 2.45) is 0 Å². The monoisotopic (exact) mass is 283 g/mol. The van der Waals surface area contributed by atoms with E-state index in [1.54, 1.807) is 24.3 Å². The number of carbonyl (C=O) groups is 1. The zero-order valence-corrected chi connectivity index (χ0v) is 11.4. The van der Waals surface area contributed by atoms with Crippen LogP contribution < -0.4 is 10.1 Å². The fourth-order valence-electron chi connectivity index (χ4n) is 2.10. The molecule has 1 aromatic carbocycles. The minimum Gasteiger partial charge on any atom is -0.493 e. The number of halogens is 1. The zero-order valence-electron chi connectivity index (χ0n) is 10.7. The summed E-state index contributed by atoms with van der Waals surface area (Å²) in [6.07, 6.45) is 3.03. The van der Waals surface area contributed by atoms with Crippen molar-refractivity contribution in [2.75, 3.05) is 13.2 Å². The van der Waals surface area contributed by atoms with Crippen LogP contribution in [0, 0.1) is 0 Å². The van der Waals surface area contributed by atoms with E-state index < -0.39 is 0 Å². The largest absolute Gasteiger partial charge is 0.493 e. The van der Waals surface area contributed by atoms with Crippen LogP contribution >= 0.6 is 11.6 Å². The Balaban J connectivity index is 1.72. The summed E-state index contributed by atoms with van der Waals surface area (Å²) in [5, 5.41) is 12.7. The molecule has 1 amide bonds. The van der Waals surface area contributed by atoms with Gasteiger partial charge in [-0.25, -0.2) is 0 Å². The molecule has 2 N–H and O–H groups in total. The second-order valence-electron chi connectivity index (χ2n) is 4.90. The summed E-state index contributed by atoms with van der Waals surface area (Å²) in [5.41, 5.74) is -0.382. The van der Waals surface area contributed by atoms with Gasteiger partial charge in [0.2, 0.25) is 5.91 Å². The van der Waals surface area contributed by atoms with E-state index in [2.05, 4.69) is 5.32 Å². The molecular formula is C14H18ClNO3. The van der Waals surface area contributed by atoms with Crippen LogP contribution in [0.15, 0.2) is 24.3 Å². The summed E-state index contributed by atoms with van der Waals surface area (Å²) in [6, 6.07) is 7.07. The summed E-state index contributed by atoms with van der Waals surface area (Å²) in [6.45, 7) is 0.307. The van der Waals surface area contributed by atoms with Crippen molar-refractivity contribution in [3.05, 3.63) is 29.3 Å². The number of rotatable bonds is 6. The molecule has 1 aromatic rings. The van der Waals surface area contributed by atoms with Gasteiger partial charge in [-0.2, -0.15) is 0 Å². The summed E-state index contributed by atoms with van der Waals surface area (Å²) in [7, 11) is 0. The highest BCUT2D eigenvalue weighted by Crippen LogP contribution is 2.31. The van der Waals surface area contributed by atoms with E-state index in [-0.39, 0.29) is 24.5 Å². The van der Waals surface area contributed by atoms with Crippen LogP contribution in [-0.4, -0.2) is 29.8 Å². The summed E-state index contributed by atoms with van der Waals surface area (Å²) in [5.74, 6) is 0.566. The van der Waals surface area contributed by atoms with E-state index in [1.807, 2.05) is 0 Å². The van der Waals surface area contributed by atoms with E-state index >= 15 is 0 Å². The molecule has 0 heterocycles. The molecule has 0 spiro atoms. The standard InChI is InChI=1S/C14H18ClNO3/c15-11-3-1-4-12(9-11)19-8-5-13(18)16-14(10-17)6-2-7-14/h1,3-4,9,17H,2,5-8,10H2,(H,16,18). The quantitative estimate of drug-likeness (QED) is 0.841. The number of hydrogen-bond donors (Lipinski definition) is 2. The molecule has 0 aliphatic heterocycles. The highest BCUT2D eigenvalue weighted by atomic mass is 35.5. The average Bonchev–Trinajstić information content (AvgIpc) is 2.34. The molecule has 1 aliphatic carbocycles. The predicted octanol–water partition coefficient (Wildman–Crippen LogP) is 2.14. The van der Waals surface area contributed by atoms with E-state index in [9.17, 15) is 9.90 Å². The second kappa shape index (κ2) is 6.26. The van der Waals surface area contributed by atoms with Crippen LogP contribution in [-0.2, 0) is 4.79 Å². The first kappa shape index (κ1) is 14.2. The third-order valence-electron chi connectivity index (χ3n) is 3.41. The maximum Gasteiger partial charge on any atom is 0.223 e. The Kier molecular flexibility index (Phi) is 4.66. The van der Waals surface area contributed by atoms with Crippen LogP contribution in [0.1, 0.15) is 25.7 Å². The Bertz CT molecular complexity index is 441. The Morgan fingerprint density at radius 2 is 2.26 bits per heavy atom. The van der Waals surface area contributed by atoms with Gasteiger partial charge in [-0.05, 0) is 37.5 Å². The fourth-order valence-corrected chi connectivity index (χ4v) is 2.28. The van der Waals surface area contributed by atoms with Crippen molar-refractivity contribution >= 4 is 17.5 Å². The zero-order chi connectivity index (χ0) is 13.7. The van der Waals surface area contributed by atoms with Crippen molar-refractivity contribution in [3.8, 4) is 5.75 Å². The van der Waals surface area contributed by atoms with Crippen LogP contribution in [0.3, 0.4) is 0 Å². The number of amides is 1. The molecule has 2 rings (SSSR count). The lowest BCUT2D eigenvalue weighted by atomic mass is 9.77. The molecule has 0 bridgehead atoms. The highest BCUT2D eigenvalue weighted by Gasteiger charge is 2.37. The molecule has 4 nitrogen and oxygen atoms in total. The molecule has 0 saturated heterocycles. The van der Waals surface area contributed by atoms with Crippen LogP contribution in [0.4, 0.5) is 0 Å². The third kappa shape index (κ3) is 3.85. The van der Waals surface area contributed by atoms with Gasteiger partial charge in [0.25, 0.3) is 0 Å². The maximum atomic E-state index is 11.7. The van der Waals surface area contributed by atoms with E-state index in [4.69, 9.17) is 16.3 Å². The first-order valence-electron chi connectivity index (χ1n) is 6.44. The molecule has 0 aromatic heterocycles. The Morgan fingerprint density at radius 1 is 1.47 bits per heavy atom. The molecule has 0 radical (unpaired) electrons. The van der Waals surface area contributed by atoms with Gasteiger partial charge in [0.1, 0.15) is 5.75 Å². The molecule has 1 saturated carbocycles. The van der Waals surface area contributed by atoms with Gasteiger partial charge in [-0.1, -0.05) is 17.7 Å². The van der Waals surface area contributed by atoms with E-state index in [0.29, 0.717) is 17.4 Å². The van der Waals surface area contributed by atoms with Gasteiger partial charge in [0.05, 0.1) is 25.2 Å². The SMILES string of the molecule is O=C(CCOc1cccc(Cl)c1)NC1(CO)CCC1. The highest BCUT2D eigenvalue weighted by molar-refractivity contribution is 6.30. The van der Waals surface area contributed by atoms with Crippen molar-refractivity contribution in [3.63, 3.8) is 0 Å². The maximum absolute atomic E-state index is 11.7. The average molecular weight is 284 g/mol. The summed E-state index contributed by atoms with van der Waals surface area (Å²) < 4.78 is 5.45. The Labute approximate surface area is 117 Å².